The zero-order valence-corrected chi connectivity index (χ0v) is 9.09. The van der Waals surface area contributed by atoms with Gasteiger partial charge in [0.1, 0.15) is 18.7 Å². The van der Waals surface area contributed by atoms with Gasteiger partial charge in [-0.3, -0.25) is 0 Å². The summed E-state index contributed by atoms with van der Waals surface area (Å²) in [6.45, 7) is 3.38. The minimum atomic E-state index is 0.375. The van der Waals surface area contributed by atoms with Gasteiger partial charge in [-0.2, -0.15) is 5.10 Å². The molecule has 0 aliphatic heterocycles. The third-order valence-corrected chi connectivity index (χ3v) is 2.30. The van der Waals surface area contributed by atoms with Crippen molar-refractivity contribution < 1.29 is 0 Å². The van der Waals surface area contributed by atoms with Gasteiger partial charge in [-0.1, -0.05) is 5.21 Å². The summed E-state index contributed by atoms with van der Waals surface area (Å²) in [5, 5.41) is 11.9. The van der Waals surface area contributed by atoms with Gasteiger partial charge in [0, 0.05) is 6.54 Å². The zero-order valence-electron chi connectivity index (χ0n) is 8.34. The summed E-state index contributed by atoms with van der Waals surface area (Å²) in [5.74, 6) is 1.24. The van der Waals surface area contributed by atoms with Crippen LogP contribution in [0, 0.1) is 0 Å². The van der Waals surface area contributed by atoms with Crippen molar-refractivity contribution in [2.75, 3.05) is 0 Å². The third-order valence-electron chi connectivity index (χ3n) is 2.02. The largest absolute Gasteiger partial charge is 0.249 e. The molecule has 0 saturated carbocycles. The summed E-state index contributed by atoms with van der Waals surface area (Å²) in [7, 11) is 0. The van der Waals surface area contributed by atoms with Gasteiger partial charge in [-0.05, 0) is 6.92 Å². The van der Waals surface area contributed by atoms with Crippen LogP contribution in [0.1, 0.15) is 18.4 Å². The fourth-order valence-electron chi connectivity index (χ4n) is 1.30. The molecule has 15 heavy (non-hydrogen) atoms. The molecule has 0 saturated heterocycles. The van der Waals surface area contributed by atoms with E-state index in [1.807, 2.05) is 17.8 Å². The molecule has 0 fully saturated rings. The van der Waals surface area contributed by atoms with Crippen molar-refractivity contribution in [3.8, 4) is 0 Å². The van der Waals surface area contributed by atoms with Gasteiger partial charge in [0.25, 0.3) is 0 Å². The van der Waals surface area contributed by atoms with Crippen LogP contribution in [0.3, 0.4) is 0 Å². The molecule has 0 N–H and O–H groups in total. The van der Waals surface area contributed by atoms with Crippen molar-refractivity contribution in [1.82, 2.24) is 29.8 Å². The van der Waals surface area contributed by atoms with Crippen LogP contribution in [0.15, 0.2) is 12.5 Å². The van der Waals surface area contributed by atoms with E-state index >= 15 is 0 Å². The van der Waals surface area contributed by atoms with Crippen molar-refractivity contribution in [2.45, 2.75) is 25.9 Å². The summed E-state index contributed by atoms with van der Waals surface area (Å²) in [4.78, 5) is 4.15. The van der Waals surface area contributed by atoms with Crippen molar-refractivity contribution in [3.05, 3.63) is 24.0 Å². The van der Waals surface area contributed by atoms with Crippen LogP contribution in [0.2, 0.25) is 0 Å². The highest BCUT2D eigenvalue weighted by atomic mass is 35.5. The Bertz CT molecular complexity index is 434. The minimum Gasteiger partial charge on any atom is -0.249 e. The molecular formula is C8H11ClN6. The number of hydrogen-bond donors (Lipinski definition) is 0. The molecule has 2 aromatic rings. The van der Waals surface area contributed by atoms with Crippen LogP contribution >= 0.6 is 11.6 Å². The number of aromatic nitrogens is 6. The fourth-order valence-corrected chi connectivity index (χ4v) is 1.42. The number of nitrogens with zero attached hydrogens (tertiary/aromatic N) is 6. The summed E-state index contributed by atoms with van der Waals surface area (Å²) in [6, 6.07) is 0. The number of rotatable bonds is 4. The van der Waals surface area contributed by atoms with E-state index in [1.165, 1.54) is 6.33 Å². The Kier molecular flexibility index (Phi) is 2.96. The van der Waals surface area contributed by atoms with E-state index in [-0.39, 0.29) is 0 Å². The maximum atomic E-state index is 5.63. The van der Waals surface area contributed by atoms with E-state index in [1.54, 1.807) is 4.68 Å². The first-order valence-corrected chi connectivity index (χ1v) is 5.18. The smallest absolute Gasteiger partial charge is 0.148 e. The Morgan fingerprint density at radius 3 is 3.00 bits per heavy atom. The Hall–Kier alpha value is -1.43. The summed E-state index contributed by atoms with van der Waals surface area (Å²) in [5.41, 5.74) is 0.763. The molecule has 80 valence electrons. The normalized spacial score (nSPS) is 10.8. The van der Waals surface area contributed by atoms with Crippen LogP contribution in [-0.4, -0.2) is 29.8 Å². The molecule has 0 aromatic carbocycles. The lowest BCUT2D eigenvalue weighted by Crippen LogP contribution is -2.09. The Balaban J connectivity index is 2.14. The van der Waals surface area contributed by atoms with Crippen molar-refractivity contribution in [2.24, 2.45) is 0 Å². The molecule has 0 bridgehead atoms. The number of halogens is 1. The molecule has 0 spiro atoms. The lowest BCUT2D eigenvalue weighted by atomic mass is 10.5. The monoisotopic (exact) mass is 226 g/mol. The Morgan fingerprint density at radius 2 is 2.33 bits per heavy atom. The van der Waals surface area contributed by atoms with Crippen LogP contribution in [0.5, 0.6) is 0 Å². The van der Waals surface area contributed by atoms with E-state index in [2.05, 4.69) is 20.4 Å². The van der Waals surface area contributed by atoms with Crippen molar-refractivity contribution in [3.63, 3.8) is 0 Å². The SMILES string of the molecule is CCn1ncnc1Cn1cc(CCl)nn1. The van der Waals surface area contributed by atoms with E-state index in [0.717, 1.165) is 18.1 Å². The average Bonchev–Trinajstić information content (AvgIpc) is 2.87. The molecule has 2 rings (SSSR count). The van der Waals surface area contributed by atoms with Crippen LogP contribution in [0.25, 0.3) is 0 Å². The first kappa shape index (κ1) is 10.1. The number of hydrogen-bond acceptors (Lipinski definition) is 4. The molecule has 0 aliphatic rings. The van der Waals surface area contributed by atoms with Gasteiger partial charge in [0.15, 0.2) is 0 Å². The average molecular weight is 227 g/mol. The lowest BCUT2D eigenvalue weighted by molar-refractivity contribution is 0.557. The quantitative estimate of drug-likeness (QED) is 0.720. The summed E-state index contributed by atoms with van der Waals surface area (Å²) >= 11 is 5.63. The fraction of sp³-hybridized carbons (Fsp3) is 0.500. The maximum absolute atomic E-state index is 5.63. The Morgan fingerprint density at radius 1 is 1.47 bits per heavy atom. The van der Waals surface area contributed by atoms with Gasteiger partial charge in [0.05, 0.1) is 17.8 Å². The molecule has 2 heterocycles. The molecule has 7 heteroatoms. The molecule has 0 amide bonds. The minimum absolute atomic E-state index is 0.375. The topological polar surface area (TPSA) is 61.4 Å². The second-order valence-corrected chi connectivity index (χ2v) is 3.30. The Labute approximate surface area is 91.9 Å². The highest BCUT2D eigenvalue weighted by molar-refractivity contribution is 6.16. The molecule has 0 atom stereocenters. The van der Waals surface area contributed by atoms with E-state index in [4.69, 9.17) is 11.6 Å². The van der Waals surface area contributed by atoms with Crippen LogP contribution in [-0.2, 0) is 19.0 Å². The van der Waals surface area contributed by atoms with Gasteiger partial charge < -0.3 is 0 Å². The molecule has 0 aliphatic carbocycles. The van der Waals surface area contributed by atoms with Crippen molar-refractivity contribution in [1.29, 1.82) is 0 Å². The van der Waals surface area contributed by atoms with Crippen LogP contribution < -0.4 is 0 Å². The number of aryl methyl sites for hydroxylation is 1. The van der Waals surface area contributed by atoms with Crippen LogP contribution in [0.4, 0.5) is 0 Å². The second-order valence-electron chi connectivity index (χ2n) is 3.03. The van der Waals surface area contributed by atoms with E-state index in [0.29, 0.717) is 12.4 Å². The van der Waals surface area contributed by atoms with Gasteiger partial charge >= 0.3 is 0 Å². The van der Waals surface area contributed by atoms with Gasteiger partial charge in [-0.25, -0.2) is 14.3 Å². The maximum Gasteiger partial charge on any atom is 0.148 e. The first-order valence-electron chi connectivity index (χ1n) is 4.65. The van der Waals surface area contributed by atoms with E-state index < -0.39 is 0 Å². The predicted octanol–water partition coefficient (Wildman–Crippen LogP) is 0.677. The summed E-state index contributed by atoms with van der Waals surface area (Å²) in [6.07, 6.45) is 3.35. The van der Waals surface area contributed by atoms with E-state index in [9.17, 15) is 0 Å². The van der Waals surface area contributed by atoms with Gasteiger partial charge in [0.2, 0.25) is 0 Å². The standard InChI is InChI=1S/C8H11ClN6/c1-2-15-8(10-6-11-15)5-14-4-7(3-9)12-13-14/h4,6H,2-3,5H2,1H3. The highest BCUT2D eigenvalue weighted by Crippen LogP contribution is 2.01. The highest BCUT2D eigenvalue weighted by Gasteiger charge is 2.05. The molecule has 2 aromatic heterocycles. The first-order chi connectivity index (χ1) is 7.33. The second kappa shape index (κ2) is 4.39. The molecule has 6 nitrogen and oxygen atoms in total. The lowest BCUT2D eigenvalue weighted by Gasteiger charge is -2.01. The zero-order chi connectivity index (χ0) is 10.7. The van der Waals surface area contributed by atoms with Gasteiger partial charge in [-0.15, -0.1) is 16.7 Å². The number of alkyl halides is 1. The molecular weight excluding hydrogens is 216 g/mol. The summed E-state index contributed by atoms with van der Waals surface area (Å²) < 4.78 is 3.52. The molecule has 0 unspecified atom stereocenters. The molecule has 0 radical (unpaired) electrons. The third kappa shape index (κ3) is 2.15. The predicted molar refractivity (Wildman–Crippen MR) is 54.4 cm³/mol. The van der Waals surface area contributed by atoms with Crippen molar-refractivity contribution >= 4 is 11.6 Å².